The maximum atomic E-state index is 13.4. The number of nitrogens with two attached hydrogens (primary N) is 1. The molecule has 0 aliphatic rings. The molecule has 0 fully saturated rings. The first kappa shape index (κ1) is 14.0. The molecule has 2 N–H and O–H groups in total. The summed E-state index contributed by atoms with van der Waals surface area (Å²) in [6, 6.07) is 5.15. The fourth-order valence-corrected chi connectivity index (χ4v) is 1.47. The molecule has 7 heteroatoms. The number of aromatic nitrogens is 1. The van der Waals surface area contributed by atoms with Crippen molar-refractivity contribution in [3.8, 4) is 17.2 Å². The number of hydrogen-bond acceptors (Lipinski definition) is 4. The molecule has 0 radical (unpaired) electrons. The fraction of sp³-hybridized carbons (Fsp3) is 0.154. The predicted octanol–water partition coefficient (Wildman–Crippen LogP) is 3.51. The summed E-state index contributed by atoms with van der Waals surface area (Å²) < 4.78 is 47.0. The molecule has 20 heavy (non-hydrogen) atoms. The minimum Gasteiger partial charge on any atom is -0.453 e. The SMILES string of the molecule is Cc1ccc(Oc2cc(OC(F)F)c(F)cc2N)cn1. The van der Waals surface area contributed by atoms with E-state index in [9.17, 15) is 13.2 Å². The van der Waals surface area contributed by atoms with Crippen LogP contribution in [0.3, 0.4) is 0 Å². The van der Waals surface area contributed by atoms with Crippen LogP contribution in [0.25, 0.3) is 0 Å². The van der Waals surface area contributed by atoms with Gasteiger partial charge in [-0.05, 0) is 19.1 Å². The number of halogens is 3. The van der Waals surface area contributed by atoms with Gasteiger partial charge in [-0.1, -0.05) is 0 Å². The van der Waals surface area contributed by atoms with Crippen molar-refractivity contribution in [1.82, 2.24) is 4.98 Å². The van der Waals surface area contributed by atoms with E-state index in [0.717, 1.165) is 17.8 Å². The van der Waals surface area contributed by atoms with Gasteiger partial charge in [0.25, 0.3) is 0 Å². The highest BCUT2D eigenvalue weighted by Gasteiger charge is 2.14. The van der Waals surface area contributed by atoms with Crippen molar-refractivity contribution in [1.29, 1.82) is 0 Å². The van der Waals surface area contributed by atoms with Crippen molar-refractivity contribution in [3.63, 3.8) is 0 Å². The lowest BCUT2D eigenvalue weighted by atomic mass is 10.2. The molecule has 2 aromatic rings. The number of nitrogen functional groups attached to an aromatic ring is 1. The average molecular weight is 284 g/mol. The highest BCUT2D eigenvalue weighted by atomic mass is 19.3. The molecule has 0 unspecified atom stereocenters. The van der Waals surface area contributed by atoms with Gasteiger partial charge >= 0.3 is 6.61 Å². The van der Waals surface area contributed by atoms with Crippen LogP contribution in [-0.2, 0) is 0 Å². The highest BCUT2D eigenvalue weighted by Crippen LogP contribution is 2.33. The molecule has 1 heterocycles. The fourth-order valence-electron chi connectivity index (χ4n) is 1.47. The summed E-state index contributed by atoms with van der Waals surface area (Å²) in [6.45, 7) is -1.34. The van der Waals surface area contributed by atoms with E-state index in [1.165, 1.54) is 6.20 Å². The van der Waals surface area contributed by atoms with Crippen molar-refractivity contribution < 1.29 is 22.6 Å². The third kappa shape index (κ3) is 3.31. The number of aryl methyl sites for hydroxylation is 1. The number of ether oxygens (including phenoxy) is 2. The van der Waals surface area contributed by atoms with E-state index in [-0.39, 0.29) is 11.4 Å². The van der Waals surface area contributed by atoms with E-state index in [1.807, 2.05) is 0 Å². The summed E-state index contributed by atoms with van der Waals surface area (Å²) >= 11 is 0. The standard InChI is InChI=1S/C13H11F3N2O2/c1-7-2-3-8(6-18-7)19-12-5-11(20-13(15)16)9(14)4-10(12)17/h2-6,13H,17H2,1H3. The minimum absolute atomic E-state index is 0.00713. The Balaban J connectivity index is 2.28. The van der Waals surface area contributed by atoms with Crippen LogP contribution in [0, 0.1) is 12.7 Å². The average Bonchev–Trinajstić information content (AvgIpc) is 2.37. The van der Waals surface area contributed by atoms with Gasteiger partial charge in [0.15, 0.2) is 17.3 Å². The molecule has 0 amide bonds. The number of benzene rings is 1. The summed E-state index contributed by atoms with van der Waals surface area (Å²) in [6.07, 6.45) is 1.44. The Morgan fingerprint density at radius 2 is 1.95 bits per heavy atom. The molecule has 0 aliphatic carbocycles. The molecule has 0 bridgehead atoms. The third-order valence-electron chi connectivity index (χ3n) is 2.39. The van der Waals surface area contributed by atoms with Crippen molar-refractivity contribution in [2.45, 2.75) is 13.5 Å². The zero-order valence-electron chi connectivity index (χ0n) is 10.4. The molecule has 0 atom stereocenters. The van der Waals surface area contributed by atoms with Crippen LogP contribution in [0.4, 0.5) is 18.9 Å². The molecule has 1 aromatic heterocycles. The largest absolute Gasteiger partial charge is 0.453 e. The van der Waals surface area contributed by atoms with Gasteiger partial charge in [-0.15, -0.1) is 0 Å². The van der Waals surface area contributed by atoms with E-state index < -0.39 is 18.2 Å². The Morgan fingerprint density at radius 3 is 2.55 bits per heavy atom. The van der Waals surface area contributed by atoms with Crippen LogP contribution < -0.4 is 15.2 Å². The molecule has 0 saturated carbocycles. The van der Waals surface area contributed by atoms with Crippen molar-refractivity contribution in [2.24, 2.45) is 0 Å². The maximum Gasteiger partial charge on any atom is 0.387 e. The first-order valence-corrected chi connectivity index (χ1v) is 5.60. The zero-order valence-corrected chi connectivity index (χ0v) is 10.4. The highest BCUT2D eigenvalue weighted by molar-refractivity contribution is 5.57. The normalized spacial score (nSPS) is 10.7. The zero-order chi connectivity index (χ0) is 14.7. The molecule has 0 saturated heterocycles. The number of hydrogen-bond donors (Lipinski definition) is 1. The van der Waals surface area contributed by atoms with Crippen molar-refractivity contribution >= 4 is 5.69 Å². The van der Waals surface area contributed by atoms with Gasteiger partial charge in [0.05, 0.1) is 11.9 Å². The van der Waals surface area contributed by atoms with E-state index >= 15 is 0 Å². The molecule has 1 aromatic carbocycles. The Morgan fingerprint density at radius 1 is 1.20 bits per heavy atom. The van der Waals surface area contributed by atoms with Gasteiger partial charge < -0.3 is 15.2 Å². The van der Waals surface area contributed by atoms with Crippen LogP contribution in [0.5, 0.6) is 17.2 Å². The summed E-state index contributed by atoms with van der Waals surface area (Å²) in [7, 11) is 0. The lowest BCUT2D eigenvalue weighted by Crippen LogP contribution is -2.05. The third-order valence-corrected chi connectivity index (χ3v) is 2.39. The molecule has 0 spiro atoms. The smallest absolute Gasteiger partial charge is 0.387 e. The second-order valence-corrected chi connectivity index (χ2v) is 3.94. The van der Waals surface area contributed by atoms with Gasteiger partial charge in [0.1, 0.15) is 5.75 Å². The van der Waals surface area contributed by atoms with Crippen LogP contribution in [0.2, 0.25) is 0 Å². The van der Waals surface area contributed by atoms with Crippen LogP contribution in [0.1, 0.15) is 5.69 Å². The number of alkyl halides is 2. The molecule has 4 nitrogen and oxygen atoms in total. The molecular formula is C13H11F3N2O2. The van der Waals surface area contributed by atoms with Crippen LogP contribution in [0.15, 0.2) is 30.5 Å². The molecule has 2 rings (SSSR count). The van der Waals surface area contributed by atoms with Gasteiger partial charge in [0, 0.05) is 17.8 Å². The van der Waals surface area contributed by atoms with Crippen molar-refractivity contribution in [2.75, 3.05) is 5.73 Å². The number of rotatable bonds is 4. The monoisotopic (exact) mass is 284 g/mol. The topological polar surface area (TPSA) is 57.4 Å². The Bertz CT molecular complexity index is 603. The first-order valence-electron chi connectivity index (χ1n) is 5.60. The van der Waals surface area contributed by atoms with Gasteiger partial charge in [-0.25, -0.2) is 4.39 Å². The van der Waals surface area contributed by atoms with Crippen molar-refractivity contribution in [3.05, 3.63) is 42.0 Å². The quantitative estimate of drug-likeness (QED) is 0.873. The molecular weight excluding hydrogens is 273 g/mol. The van der Waals surface area contributed by atoms with Gasteiger partial charge in [-0.3, -0.25) is 4.98 Å². The summed E-state index contributed by atoms with van der Waals surface area (Å²) in [5.74, 6) is -1.27. The predicted molar refractivity (Wildman–Crippen MR) is 66.5 cm³/mol. The summed E-state index contributed by atoms with van der Waals surface area (Å²) in [4.78, 5) is 4.00. The maximum absolute atomic E-state index is 13.4. The van der Waals surface area contributed by atoms with E-state index in [2.05, 4.69) is 9.72 Å². The van der Waals surface area contributed by atoms with E-state index in [4.69, 9.17) is 10.5 Å². The Labute approximate surface area is 113 Å². The molecule has 106 valence electrons. The van der Waals surface area contributed by atoms with E-state index in [0.29, 0.717) is 5.75 Å². The van der Waals surface area contributed by atoms with E-state index in [1.54, 1.807) is 19.1 Å². The lowest BCUT2D eigenvalue weighted by molar-refractivity contribution is -0.0522. The van der Waals surface area contributed by atoms with Gasteiger partial charge in [-0.2, -0.15) is 8.78 Å². The Kier molecular flexibility index (Phi) is 3.97. The Hall–Kier alpha value is -2.44. The second-order valence-electron chi connectivity index (χ2n) is 3.94. The summed E-state index contributed by atoms with van der Waals surface area (Å²) in [5.41, 5.74) is 6.32. The number of anilines is 1. The number of pyridine rings is 1. The minimum atomic E-state index is -3.14. The van der Waals surface area contributed by atoms with Crippen LogP contribution in [-0.4, -0.2) is 11.6 Å². The summed E-state index contributed by atoms with van der Waals surface area (Å²) in [5, 5.41) is 0. The number of nitrogens with zero attached hydrogens (tertiary/aromatic N) is 1. The first-order chi connectivity index (χ1) is 9.45. The molecule has 0 aliphatic heterocycles. The van der Waals surface area contributed by atoms with Crippen LogP contribution >= 0.6 is 0 Å². The second kappa shape index (κ2) is 5.68. The van der Waals surface area contributed by atoms with Gasteiger partial charge in [0.2, 0.25) is 0 Å². The lowest BCUT2D eigenvalue weighted by Gasteiger charge is -2.12.